The van der Waals surface area contributed by atoms with Crippen LogP contribution in [0.1, 0.15) is 31.5 Å². The summed E-state index contributed by atoms with van der Waals surface area (Å²) in [5, 5.41) is 15.1. The number of hydrogen-bond acceptors (Lipinski definition) is 5. The second kappa shape index (κ2) is 10.4. The molecule has 0 fully saturated rings. The highest BCUT2D eigenvalue weighted by Gasteiger charge is 2.21. The second-order valence-electron chi connectivity index (χ2n) is 6.52. The van der Waals surface area contributed by atoms with Crippen molar-refractivity contribution in [3.05, 3.63) is 53.9 Å². The Balaban J connectivity index is 1.97. The zero-order chi connectivity index (χ0) is 20.5. The van der Waals surface area contributed by atoms with Crippen molar-refractivity contribution < 1.29 is 14.7 Å². The minimum atomic E-state index is -1.07. The number of nitrogens with one attached hydrogen (secondary N) is 2. The summed E-state index contributed by atoms with van der Waals surface area (Å²) in [5.41, 5.74) is 3.44. The van der Waals surface area contributed by atoms with Crippen LogP contribution in [0.15, 0.2) is 42.6 Å². The van der Waals surface area contributed by atoms with E-state index in [4.69, 9.17) is 0 Å². The molecule has 0 saturated carbocycles. The fraction of sp³-hybridized carbons (Fsp3) is 0.381. The molecule has 1 heterocycles. The summed E-state index contributed by atoms with van der Waals surface area (Å²) in [6.07, 6.45) is 1.48. The van der Waals surface area contributed by atoms with Crippen LogP contribution in [0.5, 0.6) is 0 Å². The lowest BCUT2D eigenvalue weighted by atomic mass is 10.1. The summed E-state index contributed by atoms with van der Waals surface area (Å²) in [4.78, 5) is 30.2. The van der Waals surface area contributed by atoms with Gasteiger partial charge in [0.15, 0.2) is 0 Å². The number of aliphatic carboxylic acids is 1. The number of amides is 1. The number of anilines is 2. The van der Waals surface area contributed by atoms with Crippen LogP contribution in [0.3, 0.4) is 0 Å². The van der Waals surface area contributed by atoms with Crippen LogP contribution in [-0.4, -0.2) is 41.1 Å². The topological polar surface area (TPSA) is 94.6 Å². The highest BCUT2D eigenvalue weighted by molar-refractivity contribution is 5.94. The number of aromatic nitrogens is 1. The minimum absolute atomic E-state index is 0.167. The lowest BCUT2D eigenvalue weighted by molar-refractivity contribution is -0.141. The minimum Gasteiger partial charge on any atom is -0.480 e. The molecule has 1 aromatic carbocycles. The Morgan fingerprint density at radius 2 is 1.93 bits per heavy atom. The summed E-state index contributed by atoms with van der Waals surface area (Å²) in [6, 6.07) is 10.3. The lowest BCUT2D eigenvalue weighted by Gasteiger charge is -2.22. The standard InChI is InChI=1S/C21H28N4O3/c1-4-25(5-2)17-9-10-18(15(3)12-17)24-20(26)13-19(21(27)28)23-14-16-8-6-7-11-22-16/h6-12,19,23H,4-5,13-14H2,1-3H3,(H,24,26)(H,27,28). The Hall–Kier alpha value is -2.93. The number of carboxylic acid groups (broad SMARTS) is 1. The average molecular weight is 384 g/mol. The molecule has 0 spiro atoms. The van der Waals surface area contributed by atoms with Gasteiger partial charge in [-0.05, 0) is 56.7 Å². The Labute approximate surface area is 165 Å². The average Bonchev–Trinajstić information content (AvgIpc) is 2.68. The molecule has 28 heavy (non-hydrogen) atoms. The van der Waals surface area contributed by atoms with Gasteiger partial charge in [-0.1, -0.05) is 6.07 Å². The molecule has 1 unspecified atom stereocenters. The van der Waals surface area contributed by atoms with Crippen LogP contribution in [0.2, 0.25) is 0 Å². The van der Waals surface area contributed by atoms with Gasteiger partial charge in [0, 0.05) is 37.2 Å². The van der Waals surface area contributed by atoms with Crippen molar-refractivity contribution in [1.29, 1.82) is 0 Å². The number of aryl methyl sites for hydroxylation is 1. The van der Waals surface area contributed by atoms with Gasteiger partial charge < -0.3 is 15.3 Å². The van der Waals surface area contributed by atoms with E-state index >= 15 is 0 Å². The molecule has 0 aliphatic heterocycles. The monoisotopic (exact) mass is 384 g/mol. The Morgan fingerprint density at radius 1 is 1.18 bits per heavy atom. The molecule has 0 aliphatic carbocycles. The van der Waals surface area contributed by atoms with Gasteiger partial charge in [-0.3, -0.25) is 19.9 Å². The van der Waals surface area contributed by atoms with Gasteiger partial charge in [-0.2, -0.15) is 0 Å². The number of rotatable bonds is 10. The third kappa shape index (κ3) is 6.06. The summed E-state index contributed by atoms with van der Waals surface area (Å²) < 4.78 is 0. The van der Waals surface area contributed by atoms with Gasteiger partial charge >= 0.3 is 5.97 Å². The van der Waals surface area contributed by atoms with Gasteiger partial charge in [-0.15, -0.1) is 0 Å². The number of carbonyl (C=O) groups is 2. The molecule has 0 radical (unpaired) electrons. The summed E-state index contributed by atoms with van der Waals surface area (Å²) in [7, 11) is 0. The maximum atomic E-state index is 12.4. The molecule has 150 valence electrons. The Kier molecular flexibility index (Phi) is 7.95. The molecule has 0 saturated heterocycles. The molecule has 0 aliphatic rings. The van der Waals surface area contributed by atoms with E-state index in [1.54, 1.807) is 18.3 Å². The van der Waals surface area contributed by atoms with Crippen molar-refractivity contribution in [2.24, 2.45) is 0 Å². The number of benzene rings is 1. The van der Waals surface area contributed by atoms with Gasteiger partial charge in [0.05, 0.1) is 12.1 Å². The number of hydrogen-bond donors (Lipinski definition) is 3. The zero-order valence-corrected chi connectivity index (χ0v) is 16.6. The maximum absolute atomic E-state index is 12.4. The van der Waals surface area contributed by atoms with Crippen molar-refractivity contribution in [2.75, 3.05) is 23.3 Å². The molecule has 2 aromatic rings. The number of pyridine rings is 1. The van der Waals surface area contributed by atoms with E-state index in [0.29, 0.717) is 5.69 Å². The predicted octanol–water partition coefficient (Wildman–Crippen LogP) is 2.81. The van der Waals surface area contributed by atoms with Crippen LogP contribution in [-0.2, 0) is 16.1 Å². The molecule has 3 N–H and O–H groups in total. The molecule has 1 atom stereocenters. The fourth-order valence-electron chi connectivity index (χ4n) is 2.94. The van der Waals surface area contributed by atoms with E-state index in [1.165, 1.54) is 0 Å². The molecule has 1 amide bonds. The lowest BCUT2D eigenvalue weighted by Crippen LogP contribution is -2.39. The van der Waals surface area contributed by atoms with Crippen molar-refractivity contribution in [3.8, 4) is 0 Å². The van der Waals surface area contributed by atoms with Crippen molar-refractivity contribution in [2.45, 2.75) is 39.8 Å². The fourth-order valence-corrected chi connectivity index (χ4v) is 2.94. The van der Waals surface area contributed by atoms with Gasteiger partial charge in [0.2, 0.25) is 5.91 Å². The van der Waals surface area contributed by atoms with Gasteiger partial charge in [0.25, 0.3) is 0 Å². The first-order valence-corrected chi connectivity index (χ1v) is 9.46. The number of nitrogens with zero attached hydrogens (tertiary/aromatic N) is 2. The van der Waals surface area contributed by atoms with Gasteiger partial charge in [0.1, 0.15) is 6.04 Å². The Morgan fingerprint density at radius 3 is 2.50 bits per heavy atom. The van der Waals surface area contributed by atoms with E-state index in [1.807, 2.05) is 31.2 Å². The smallest absolute Gasteiger partial charge is 0.321 e. The van der Waals surface area contributed by atoms with E-state index < -0.39 is 12.0 Å². The van der Waals surface area contributed by atoms with Crippen molar-refractivity contribution >= 4 is 23.3 Å². The van der Waals surface area contributed by atoms with E-state index in [2.05, 4.69) is 34.4 Å². The largest absolute Gasteiger partial charge is 0.480 e. The van der Waals surface area contributed by atoms with Crippen LogP contribution in [0.4, 0.5) is 11.4 Å². The van der Waals surface area contributed by atoms with Crippen molar-refractivity contribution in [3.63, 3.8) is 0 Å². The van der Waals surface area contributed by atoms with Crippen LogP contribution in [0.25, 0.3) is 0 Å². The first-order valence-electron chi connectivity index (χ1n) is 9.46. The maximum Gasteiger partial charge on any atom is 0.321 e. The number of carboxylic acids is 1. The summed E-state index contributed by atoms with van der Waals surface area (Å²) in [6.45, 7) is 8.21. The van der Waals surface area contributed by atoms with Crippen LogP contribution in [0, 0.1) is 6.92 Å². The van der Waals surface area contributed by atoms with E-state index in [0.717, 1.165) is 30.0 Å². The van der Waals surface area contributed by atoms with Crippen LogP contribution < -0.4 is 15.5 Å². The normalized spacial score (nSPS) is 11.7. The van der Waals surface area contributed by atoms with Crippen LogP contribution >= 0.6 is 0 Å². The molecule has 7 nitrogen and oxygen atoms in total. The number of carbonyl (C=O) groups excluding carboxylic acids is 1. The second-order valence-corrected chi connectivity index (χ2v) is 6.52. The highest BCUT2D eigenvalue weighted by Crippen LogP contribution is 2.23. The molecule has 2 rings (SSSR count). The first-order chi connectivity index (χ1) is 13.4. The molecule has 7 heteroatoms. The molecular weight excluding hydrogens is 356 g/mol. The summed E-state index contributed by atoms with van der Waals surface area (Å²) in [5.74, 6) is -1.42. The quantitative estimate of drug-likeness (QED) is 0.583. The third-order valence-corrected chi connectivity index (χ3v) is 4.56. The van der Waals surface area contributed by atoms with Crippen molar-refractivity contribution in [1.82, 2.24) is 10.3 Å². The van der Waals surface area contributed by atoms with E-state index in [-0.39, 0.29) is 18.9 Å². The summed E-state index contributed by atoms with van der Waals surface area (Å²) >= 11 is 0. The molecule has 0 bridgehead atoms. The molecule has 1 aromatic heterocycles. The highest BCUT2D eigenvalue weighted by atomic mass is 16.4. The predicted molar refractivity (Wildman–Crippen MR) is 110 cm³/mol. The molecular formula is C21H28N4O3. The first kappa shape index (κ1) is 21.4. The Bertz CT molecular complexity index is 791. The SMILES string of the molecule is CCN(CC)c1ccc(NC(=O)CC(NCc2ccccn2)C(=O)O)c(C)c1. The van der Waals surface area contributed by atoms with Gasteiger partial charge in [-0.25, -0.2) is 0 Å². The third-order valence-electron chi connectivity index (χ3n) is 4.56. The zero-order valence-electron chi connectivity index (χ0n) is 16.6. The van der Waals surface area contributed by atoms with E-state index in [9.17, 15) is 14.7 Å².